The highest BCUT2D eigenvalue weighted by atomic mass is 35.5. The minimum Gasteiger partial charge on any atom is -0.441 e. The van der Waals surface area contributed by atoms with Crippen LogP contribution in [0.1, 0.15) is 12.8 Å². The van der Waals surface area contributed by atoms with Crippen LogP contribution in [0.3, 0.4) is 0 Å². The fourth-order valence-electron chi connectivity index (χ4n) is 2.61. The molecule has 2 saturated heterocycles. The van der Waals surface area contributed by atoms with Crippen molar-refractivity contribution < 1.29 is 9.53 Å². The maximum atomic E-state index is 12.0. The third-order valence-electron chi connectivity index (χ3n) is 3.61. The summed E-state index contributed by atoms with van der Waals surface area (Å²) in [5, 5.41) is 3.91. The zero-order chi connectivity index (χ0) is 12.6. The van der Waals surface area contributed by atoms with E-state index in [4.69, 9.17) is 16.3 Å². The lowest BCUT2D eigenvalue weighted by atomic mass is 9.92. The lowest BCUT2D eigenvalue weighted by molar-refractivity contribution is 0.0316. The van der Waals surface area contributed by atoms with Gasteiger partial charge in [0.2, 0.25) is 0 Å². The Morgan fingerprint density at radius 2 is 2.11 bits per heavy atom. The third kappa shape index (κ3) is 2.06. The summed E-state index contributed by atoms with van der Waals surface area (Å²) in [5.74, 6) is 0. The van der Waals surface area contributed by atoms with Gasteiger partial charge in [0, 0.05) is 23.6 Å². The average Bonchev–Trinajstić information content (AvgIpc) is 2.67. The first-order valence-electron chi connectivity index (χ1n) is 6.15. The fraction of sp³-hybridized carbons (Fsp3) is 0.462. The highest BCUT2D eigenvalue weighted by Gasteiger charge is 2.46. The van der Waals surface area contributed by atoms with Crippen LogP contribution in [0, 0.1) is 0 Å². The van der Waals surface area contributed by atoms with Crippen molar-refractivity contribution in [1.29, 1.82) is 0 Å². The van der Waals surface area contributed by atoms with Crippen LogP contribution in [-0.4, -0.2) is 31.3 Å². The van der Waals surface area contributed by atoms with Crippen molar-refractivity contribution in [2.75, 3.05) is 24.5 Å². The summed E-state index contributed by atoms with van der Waals surface area (Å²) in [4.78, 5) is 13.7. The smallest absolute Gasteiger partial charge is 0.415 e. The predicted octanol–water partition coefficient (Wildman–Crippen LogP) is 2.42. The summed E-state index contributed by atoms with van der Waals surface area (Å²) < 4.78 is 5.60. The van der Waals surface area contributed by atoms with Crippen LogP contribution in [-0.2, 0) is 4.74 Å². The Morgan fingerprint density at radius 3 is 2.83 bits per heavy atom. The molecular formula is C13H15ClN2O2. The molecule has 0 saturated carbocycles. The summed E-state index contributed by atoms with van der Waals surface area (Å²) in [7, 11) is 0. The zero-order valence-corrected chi connectivity index (χ0v) is 10.7. The van der Waals surface area contributed by atoms with E-state index in [0.717, 1.165) is 31.6 Å². The largest absolute Gasteiger partial charge is 0.441 e. The molecule has 1 aromatic carbocycles. The van der Waals surface area contributed by atoms with Crippen molar-refractivity contribution in [3.63, 3.8) is 0 Å². The van der Waals surface area contributed by atoms with Gasteiger partial charge in [-0.1, -0.05) is 17.7 Å². The monoisotopic (exact) mass is 266 g/mol. The van der Waals surface area contributed by atoms with Crippen molar-refractivity contribution in [3.05, 3.63) is 29.3 Å². The third-order valence-corrected chi connectivity index (χ3v) is 3.84. The van der Waals surface area contributed by atoms with Crippen LogP contribution in [0.5, 0.6) is 0 Å². The number of benzene rings is 1. The lowest BCUT2D eigenvalue weighted by Crippen LogP contribution is -2.44. The molecule has 1 aromatic rings. The van der Waals surface area contributed by atoms with Gasteiger partial charge in [-0.05, 0) is 31.3 Å². The summed E-state index contributed by atoms with van der Waals surface area (Å²) in [6.07, 6.45) is 1.48. The van der Waals surface area contributed by atoms with Gasteiger partial charge >= 0.3 is 6.09 Å². The quantitative estimate of drug-likeness (QED) is 0.849. The van der Waals surface area contributed by atoms with Gasteiger partial charge in [-0.3, -0.25) is 4.90 Å². The van der Waals surface area contributed by atoms with Crippen molar-refractivity contribution >= 4 is 23.4 Å². The second-order valence-electron chi connectivity index (χ2n) is 4.87. The summed E-state index contributed by atoms with van der Waals surface area (Å²) in [6, 6.07) is 7.32. The van der Waals surface area contributed by atoms with Gasteiger partial charge in [-0.25, -0.2) is 4.79 Å². The molecule has 4 nitrogen and oxygen atoms in total. The number of rotatable bonds is 1. The van der Waals surface area contributed by atoms with Gasteiger partial charge in [0.25, 0.3) is 0 Å². The molecule has 2 heterocycles. The number of nitrogens with zero attached hydrogens (tertiary/aromatic N) is 1. The fourth-order valence-corrected chi connectivity index (χ4v) is 2.79. The van der Waals surface area contributed by atoms with E-state index in [1.807, 2.05) is 12.1 Å². The molecule has 0 bridgehead atoms. The lowest BCUT2D eigenvalue weighted by Gasteiger charge is -2.31. The molecule has 0 aliphatic carbocycles. The summed E-state index contributed by atoms with van der Waals surface area (Å²) in [6.45, 7) is 2.42. The number of anilines is 1. The SMILES string of the molecule is O=C1OC2(CCNCC2)CN1c1cccc(Cl)c1. The standard InChI is InChI=1S/C13H15ClN2O2/c14-10-2-1-3-11(8-10)16-9-13(18-12(16)17)4-6-15-7-5-13/h1-3,8,15H,4-7,9H2. The molecule has 96 valence electrons. The van der Waals surface area contributed by atoms with E-state index in [9.17, 15) is 4.79 Å². The van der Waals surface area contributed by atoms with Gasteiger partial charge in [-0.15, -0.1) is 0 Å². The molecule has 1 spiro atoms. The van der Waals surface area contributed by atoms with Crippen molar-refractivity contribution in [2.45, 2.75) is 18.4 Å². The topological polar surface area (TPSA) is 41.6 Å². The molecule has 1 amide bonds. The van der Waals surface area contributed by atoms with Crippen LogP contribution < -0.4 is 10.2 Å². The van der Waals surface area contributed by atoms with E-state index in [2.05, 4.69) is 5.32 Å². The van der Waals surface area contributed by atoms with Crippen molar-refractivity contribution in [2.24, 2.45) is 0 Å². The van der Waals surface area contributed by atoms with Crippen LogP contribution in [0.2, 0.25) is 5.02 Å². The molecule has 1 N–H and O–H groups in total. The first-order valence-corrected chi connectivity index (χ1v) is 6.53. The normalized spacial score (nSPS) is 22.3. The molecule has 2 fully saturated rings. The van der Waals surface area contributed by atoms with Crippen LogP contribution >= 0.6 is 11.6 Å². The molecule has 18 heavy (non-hydrogen) atoms. The van der Waals surface area contributed by atoms with Crippen LogP contribution in [0.15, 0.2) is 24.3 Å². The highest BCUT2D eigenvalue weighted by Crippen LogP contribution is 2.34. The maximum absolute atomic E-state index is 12.0. The number of hydrogen-bond acceptors (Lipinski definition) is 3. The number of carbonyl (C=O) groups excluding carboxylic acids is 1. The molecule has 5 heteroatoms. The zero-order valence-electron chi connectivity index (χ0n) is 9.99. The summed E-state index contributed by atoms with van der Waals surface area (Å²) in [5.41, 5.74) is 0.493. The Labute approximate surface area is 111 Å². The minimum absolute atomic E-state index is 0.265. The first kappa shape index (κ1) is 11.8. The Hall–Kier alpha value is -1.26. The van der Waals surface area contributed by atoms with E-state index in [0.29, 0.717) is 11.6 Å². The molecule has 3 rings (SSSR count). The van der Waals surface area contributed by atoms with E-state index < -0.39 is 0 Å². The molecular weight excluding hydrogens is 252 g/mol. The van der Waals surface area contributed by atoms with Crippen molar-refractivity contribution in [1.82, 2.24) is 5.32 Å². The maximum Gasteiger partial charge on any atom is 0.415 e. The number of ether oxygens (including phenoxy) is 1. The average molecular weight is 267 g/mol. The van der Waals surface area contributed by atoms with Crippen LogP contribution in [0.25, 0.3) is 0 Å². The highest BCUT2D eigenvalue weighted by molar-refractivity contribution is 6.30. The van der Waals surface area contributed by atoms with E-state index >= 15 is 0 Å². The van der Waals surface area contributed by atoms with Crippen molar-refractivity contribution in [3.8, 4) is 0 Å². The molecule has 2 aliphatic heterocycles. The molecule has 0 atom stereocenters. The molecule has 2 aliphatic rings. The van der Waals surface area contributed by atoms with Gasteiger partial charge in [0.1, 0.15) is 5.60 Å². The number of hydrogen-bond donors (Lipinski definition) is 1. The van der Waals surface area contributed by atoms with E-state index in [-0.39, 0.29) is 11.7 Å². The Kier molecular flexibility index (Phi) is 2.92. The van der Waals surface area contributed by atoms with Crippen LogP contribution in [0.4, 0.5) is 10.5 Å². The first-order chi connectivity index (χ1) is 8.69. The second kappa shape index (κ2) is 4.44. The van der Waals surface area contributed by atoms with Gasteiger partial charge in [-0.2, -0.15) is 0 Å². The Bertz CT molecular complexity index is 472. The second-order valence-corrected chi connectivity index (χ2v) is 5.30. The van der Waals surface area contributed by atoms with E-state index in [1.54, 1.807) is 17.0 Å². The molecule has 0 radical (unpaired) electrons. The summed E-state index contributed by atoms with van der Waals surface area (Å²) >= 11 is 5.96. The number of carbonyl (C=O) groups is 1. The van der Waals surface area contributed by atoms with Gasteiger partial charge < -0.3 is 10.1 Å². The van der Waals surface area contributed by atoms with Gasteiger partial charge in [0.05, 0.1) is 6.54 Å². The molecule has 0 aromatic heterocycles. The number of halogens is 1. The molecule has 0 unspecified atom stereocenters. The Morgan fingerprint density at radius 1 is 1.33 bits per heavy atom. The van der Waals surface area contributed by atoms with E-state index in [1.165, 1.54) is 0 Å². The number of nitrogens with one attached hydrogen (secondary N) is 1. The predicted molar refractivity (Wildman–Crippen MR) is 70.1 cm³/mol. The number of amides is 1. The minimum atomic E-state index is -0.315. The number of piperidine rings is 1. The Balaban J connectivity index is 1.84. The van der Waals surface area contributed by atoms with Gasteiger partial charge in [0.15, 0.2) is 0 Å².